The maximum Gasteiger partial charge on any atom is 0.255 e. The van der Waals surface area contributed by atoms with Crippen molar-refractivity contribution >= 4 is 34.7 Å². The molecule has 0 saturated carbocycles. The van der Waals surface area contributed by atoms with Crippen LogP contribution in [-0.2, 0) is 0 Å². The minimum Gasteiger partial charge on any atom is -0.369 e. The number of nitrogens with zero attached hydrogens (tertiary/aromatic N) is 6. The summed E-state index contributed by atoms with van der Waals surface area (Å²) in [5.41, 5.74) is 3.13. The zero-order chi connectivity index (χ0) is 19.5. The SMILES string of the molecule is C#CCSc1nc2nc(C)cc(Nc3ccc(N4CCN(C)CC4)cc3)n2n1. The van der Waals surface area contributed by atoms with E-state index in [1.54, 1.807) is 4.52 Å². The number of thioether (sulfide) groups is 1. The van der Waals surface area contributed by atoms with Gasteiger partial charge in [-0.05, 0) is 38.2 Å². The van der Waals surface area contributed by atoms with Crippen LogP contribution in [0.15, 0.2) is 35.5 Å². The number of rotatable bonds is 5. The highest BCUT2D eigenvalue weighted by Crippen LogP contribution is 2.23. The van der Waals surface area contributed by atoms with Crippen molar-refractivity contribution in [1.29, 1.82) is 0 Å². The number of terminal acetylenes is 1. The number of hydrogen-bond acceptors (Lipinski definition) is 7. The number of piperazine rings is 1. The first-order chi connectivity index (χ1) is 13.6. The van der Waals surface area contributed by atoms with E-state index in [1.165, 1.54) is 17.4 Å². The minimum atomic E-state index is 0.534. The molecule has 144 valence electrons. The van der Waals surface area contributed by atoms with Gasteiger partial charge in [0.2, 0.25) is 5.16 Å². The van der Waals surface area contributed by atoms with Crippen molar-refractivity contribution in [2.45, 2.75) is 12.1 Å². The van der Waals surface area contributed by atoms with Crippen LogP contribution in [0.2, 0.25) is 0 Å². The van der Waals surface area contributed by atoms with Crippen molar-refractivity contribution in [3.05, 3.63) is 36.0 Å². The van der Waals surface area contributed by atoms with Gasteiger partial charge in [-0.1, -0.05) is 17.7 Å². The zero-order valence-corrected chi connectivity index (χ0v) is 16.9. The van der Waals surface area contributed by atoms with Gasteiger partial charge in [-0.2, -0.15) is 9.50 Å². The summed E-state index contributed by atoms with van der Waals surface area (Å²) in [6.45, 7) is 6.26. The molecule has 4 rings (SSSR count). The molecule has 7 nitrogen and oxygen atoms in total. The summed E-state index contributed by atoms with van der Waals surface area (Å²) in [6.07, 6.45) is 5.33. The smallest absolute Gasteiger partial charge is 0.255 e. The molecule has 1 aromatic carbocycles. The second-order valence-corrected chi connectivity index (χ2v) is 7.79. The number of aryl methyl sites for hydroxylation is 1. The van der Waals surface area contributed by atoms with E-state index in [-0.39, 0.29) is 0 Å². The van der Waals surface area contributed by atoms with Gasteiger partial charge in [0.1, 0.15) is 5.82 Å². The Morgan fingerprint density at radius 1 is 1.14 bits per heavy atom. The van der Waals surface area contributed by atoms with Crippen molar-refractivity contribution in [2.75, 3.05) is 49.2 Å². The van der Waals surface area contributed by atoms with Crippen LogP contribution >= 0.6 is 11.8 Å². The van der Waals surface area contributed by atoms with Crippen LogP contribution in [0.4, 0.5) is 17.2 Å². The topological polar surface area (TPSA) is 61.6 Å². The number of aromatic nitrogens is 4. The number of nitrogens with one attached hydrogen (secondary N) is 1. The first-order valence-electron chi connectivity index (χ1n) is 9.23. The van der Waals surface area contributed by atoms with Crippen LogP contribution in [0.1, 0.15) is 5.69 Å². The largest absolute Gasteiger partial charge is 0.369 e. The van der Waals surface area contributed by atoms with Crippen molar-refractivity contribution < 1.29 is 0 Å². The average molecular weight is 394 g/mol. The molecule has 1 aliphatic heterocycles. The summed E-state index contributed by atoms with van der Waals surface area (Å²) in [5.74, 6) is 4.52. The summed E-state index contributed by atoms with van der Waals surface area (Å²) in [5, 5.41) is 8.59. The summed E-state index contributed by atoms with van der Waals surface area (Å²) < 4.78 is 1.72. The van der Waals surface area contributed by atoms with Crippen LogP contribution in [0.25, 0.3) is 5.78 Å². The third kappa shape index (κ3) is 4.06. The van der Waals surface area contributed by atoms with Gasteiger partial charge in [0.15, 0.2) is 0 Å². The van der Waals surface area contributed by atoms with E-state index in [1.807, 2.05) is 13.0 Å². The Morgan fingerprint density at radius 2 is 1.89 bits per heavy atom. The Morgan fingerprint density at radius 3 is 2.61 bits per heavy atom. The van der Waals surface area contributed by atoms with Crippen LogP contribution in [0.5, 0.6) is 0 Å². The third-order valence-corrected chi connectivity index (χ3v) is 5.46. The molecular formula is C20H23N7S. The first-order valence-corrected chi connectivity index (χ1v) is 10.2. The normalized spacial score (nSPS) is 15.0. The molecule has 1 saturated heterocycles. The molecule has 0 amide bonds. The predicted molar refractivity (Wildman–Crippen MR) is 115 cm³/mol. The van der Waals surface area contributed by atoms with Gasteiger partial charge >= 0.3 is 0 Å². The lowest BCUT2D eigenvalue weighted by molar-refractivity contribution is 0.313. The average Bonchev–Trinajstić information content (AvgIpc) is 3.10. The van der Waals surface area contributed by atoms with E-state index in [4.69, 9.17) is 6.42 Å². The molecule has 3 aromatic rings. The van der Waals surface area contributed by atoms with Crippen molar-refractivity contribution in [2.24, 2.45) is 0 Å². The third-order valence-electron chi connectivity index (χ3n) is 4.71. The van der Waals surface area contributed by atoms with Crippen LogP contribution in [0, 0.1) is 19.3 Å². The number of hydrogen-bond donors (Lipinski definition) is 1. The molecule has 0 spiro atoms. The minimum absolute atomic E-state index is 0.534. The first kappa shape index (κ1) is 18.6. The van der Waals surface area contributed by atoms with Crippen molar-refractivity contribution in [1.82, 2.24) is 24.5 Å². The molecule has 0 atom stereocenters. The Kier molecular flexibility index (Phi) is 5.37. The number of anilines is 3. The Bertz CT molecular complexity index is 998. The summed E-state index contributed by atoms with van der Waals surface area (Å²) >= 11 is 1.43. The molecule has 28 heavy (non-hydrogen) atoms. The van der Waals surface area contributed by atoms with Crippen molar-refractivity contribution in [3.8, 4) is 12.3 Å². The number of fused-ring (bicyclic) bond motifs is 1. The van der Waals surface area contributed by atoms with Crippen LogP contribution < -0.4 is 10.2 Å². The van der Waals surface area contributed by atoms with Crippen LogP contribution in [0.3, 0.4) is 0 Å². The monoisotopic (exact) mass is 393 g/mol. The Hall–Kier alpha value is -2.76. The second-order valence-electron chi connectivity index (χ2n) is 6.84. The maximum absolute atomic E-state index is 5.33. The van der Waals surface area contributed by atoms with Gasteiger partial charge in [-0.25, -0.2) is 4.98 Å². The molecule has 3 heterocycles. The van der Waals surface area contributed by atoms with Crippen LogP contribution in [-0.4, -0.2) is 63.5 Å². The van der Waals surface area contributed by atoms with E-state index in [0.717, 1.165) is 43.4 Å². The fourth-order valence-corrected chi connectivity index (χ4v) is 3.69. The summed E-state index contributed by atoms with van der Waals surface area (Å²) in [6, 6.07) is 10.5. The fourth-order valence-electron chi connectivity index (χ4n) is 3.19. The van der Waals surface area contributed by atoms with Gasteiger partial charge in [-0.3, -0.25) is 0 Å². The van der Waals surface area contributed by atoms with Gasteiger partial charge in [0, 0.05) is 49.3 Å². The highest BCUT2D eigenvalue weighted by atomic mass is 32.2. The van der Waals surface area contributed by atoms with E-state index in [9.17, 15) is 0 Å². The van der Waals surface area contributed by atoms with Gasteiger partial charge in [-0.15, -0.1) is 11.5 Å². The highest BCUT2D eigenvalue weighted by molar-refractivity contribution is 7.99. The predicted octanol–water partition coefficient (Wildman–Crippen LogP) is 2.65. The van der Waals surface area contributed by atoms with E-state index in [2.05, 4.69) is 67.4 Å². The summed E-state index contributed by atoms with van der Waals surface area (Å²) in [4.78, 5) is 13.7. The zero-order valence-electron chi connectivity index (χ0n) is 16.1. The Labute approximate surface area is 169 Å². The van der Waals surface area contributed by atoms with E-state index < -0.39 is 0 Å². The van der Waals surface area contributed by atoms with E-state index >= 15 is 0 Å². The van der Waals surface area contributed by atoms with E-state index in [0.29, 0.717) is 16.7 Å². The van der Waals surface area contributed by atoms with Gasteiger partial charge in [0.05, 0.1) is 5.75 Å². The molecule has 0 aliphatic carbocycles. The molecule has 0 unspecified atom stereocenters. The Balaban J connectivity index is 1.54. The molecular weight excluding hydrogens is 370 g/mol. The summed E-state index contributed by atoms with van der Waals surface area (Å²) in [7, 11) is 2.17. The number of benzene rings is 1. The lowest BCUT2D eigenvalue weighted by atomic mass is 10.2. The van der Waals surface area contributed by atoms with Gasteiger partial charge in [0.25, 0.3) is 5.78 Å². The molecule has 8 heteroatoms. The van der Waals surface area contributed by atoms with Crippen molar-refractivity contribution in [3.63, 3.8) is 0 Å². The molecule has 0 bridgehead atoms. The maximum atomic E-state index is 5.33. The molecule has 1 fully saturated rings. The molecule has 0 radical (unpaired) electrons. The lowest BCUT2D eigenvalue weighted by Crippen LogP contribution is -2.44. The number of likely N-dealkylation sites (N-methyl/N-ethyl adjacent to an activating group) is 1. The molecule has 1 N–H and O–H groups in total. The highest BCUT2D eigenvalue weighted by Gasteiger charge is 2.14. The molecule has 1 aliphatic rings. The second kappa shape index (κ2) is 8.09. The van der Waals surface area contributed by atoms with Gasteiger partial charge < -0.3 is 15.1 Å². The quantitative estimate of drug-likeness (QED) is 0.528. The fraction of sp³-hybridized carbons (Fsp3) is 0.350. The standard InChI is InChI=1S/C20H23N7S/c1-4-13-28-20-23-19-21-15(2)14-18(27(19)24-20)22-16-5-7-17(8-6-16)26-11-9-25(3)10-12-26/h1,5-8,14,22H,9-13H2,2-3H3. The lowest BCUT2D eigenvalue weighted by Gasteiger charge is -2.34. The molecule has 2 aromatic heterocycles.